The van der Waals surface area contributed by atoms with Crippen molar-refractivity contribution >= 4 is 11.6 Å². The van der Waals surface area contributed by atoms with Crippen LogP contribution < -0.4 is 5.73 Å². The smallest absolute Gasteiger partial charge is 0.324 e. The van der Waals surface area contributed by atoms with Gasteiger partial charge in [0.1, 0.15) is 5.82 Å². The van der Waals surface area contributed by atoms with Crippen LogP contribution >= 0.6 is 11.6 Å². The second-order valence-electron chi connectivity index (χ2n) is 4.68. The molecule has 2 aromatic rings. The molecule has 2 aromatic carbocycles. The maximum Gasteiger partial charge on any atom is 0.416 e. The maximum absolute atomic E-state index is 13.0. The molecule has 0 aliphatic rings. The van der Waals surface area contributed by atoms with Gasteiger partial charge in [-0.2, -0.15) is 13.2 Å². The molecule has 2 N–H and O–H groups in total. The minimum Gasteiger partial charge on any atom is -0.324 e. The average molecular weight is 318 g/mol. The fourth-order valence-corrected chi connectivity index (χ4v) is 2.16. The standard InChI is InChI=1S/C15H12ClF4N/c16-12-7-9(1-6-13(12)17)8-14(21)10-2-4-11(5-3-10)15(18,19)20/h1-7,14H,8,21H2. The van der Waals surface area contributed by atoms with Gasteiger partial charge in [-0.05, 0) is 41.8 Å². The third-order valence-electron chi connectivity index (χ3n) is 3.11. The van der Waals surface area contributed by atoms with Crippen LogP contribution in [0.15, 0.2) is 42.5 Å². The van der Waals surface area contributed by atoms with Gasteiger partial charge >= 0.3 is 6.18 Å². The molecule has 0 bridgehead atoms. The third kappa shape index (κ3) is 3.95. The highest BCUT2D eigenvalue weighted by atomic mass is 35.5. The number of rotatable bonds is 3. The van der Waals surface area contributed by atoms with E-state index in [2.05, 4.69) is 0 Å². The second-order valence-corrected chi connectivity index (χ2v) is 5.09. The van der Waals surface area contributed by atoms with Crippen LogP contribution in [0.4, 0.5) is 17.6 Å². The molecule has 2 rings (SSSR count). The largest absolute Gasteiger partial charge is 0.416 e. The Morgan fingerprint density at radius 2 is 1.67 bits per heavy atom. The molecular weight excluding hydrogens is 306 g/mol. The minimum atomic E-state index is -4.37. The Labute approximate surface area is 124 Å². The lowest BCUT2D eigenvalue weighted by atomic mass is 9.98. The van der Waals surface area contributed by atoms with E-state index in [1.54, 1.807) is 6.07 Å². The Morgan fingerprint density at radius 1 is 1.05 bits per heavy atom. The molecule has 1 unspecified atom stereocenters. The predicted octanol–water partition coefficient (Wildman–Crippen LogP) is 4.74. The van der Waals surface area contributed by atoms with Crippen LogP contribution in [0, 0.1) is 5.82 Å². The summed E-state index contributed by atoms with van der Waals surface area (Å²) in [5.74, 6) is -0.525. The Kier molecular flexibility index (Phi) is 4.54. The fraction of sp³-hybridized carbons (Fsp3) is 0.200. The number of benzene rings is 2. The van der Waals surface area contributed by atoms with Crippen LogP contribution in [0.25, 0.3) is 0 Å². The van der Waals surface area contributed by atoms with Crippen molar-refractivity contribution in [1.29, 1.82) is 0 Å². The molecule has 0 saturated heterocycles. The topological polar surface area (TPSA) is 26.0 Å². The number of hydrogen-bond acceptors (Lipinski definition) is 1. The van der Waals surface area contributed by atoms with Gasteiger partial charge in [-0.1, -0.05) is 29.8 Å². The Hall–Kier alpha value is -1.59. The van der Waals surface area contributed by atoms with Crippen molar-refractivity contribution in [2.45, 2.75) is 18.6 Å². The summed E-state index contributed by atoms with van der Waals surface area (Å²) < 4.78 is 50.5. The molecule has 112 valence electrons. The molecule has 0 heterocycles. The normalized spacial score (nSPS) is 13.2. The molecule has 0 saturated carbocycles. The molecule has 1 atom stereocenters. The third-order valence-corrected chi connectivity index (χ3v) is 3.40. The lowest BCUT2D eigenvalue weighted by Crippen LogP contribution is -2.14. The monoisotopic (exact) mass is 317 g/mol. The summed E-state index contributed by atoms with van der Waals surface area (Å²) in [6.07, 6.45) is -4.02. The molecule has 0 aliphatic carbocycles. The Bertz CT molecular complexity index is 623. The van der Waals surface area contributed by atoms with Crippen molar-refractivity contribution < 1.29 is 17.6 Å². The molecule has 0 radical (unpaired) electrons. The molecule has 0 aromatic heterocycles. The summed E-state index contributed by atoms with van der Waals surface area (Å²) in [4.78, 5) is 0. The first-order valence-corrected chi connectivity index (χ1v) is 6.52. The zero-order valence-electron chi connectivity index (χ0n) is 10.8. The highest BCUT2D eigenvalue weighted by Crippen LogP contribution is 2.30. The number of nitrogens with two attached hydrogens (primary N) is 1. The van der Waals surface area contributed by atoms with E-state index in [1.807, 2.05) is 0 Å². The average Bonchev–Trinajstić information content (AvgIpc) is 2.42. The van der Waals surface area contributed by atoms with E-state index in [0.717, 1.165) is 12.1 Å². The highest BCUT2D eigenvalue weighted by molar-refractivity contribution is 6.30. The van der Waals surface area contributed by atoms with Gasteiger partial charge in [0, 0.05) is 6.04 Å². The summed E-state index contributed by atoms with van der Waals surface area (Å²) in [6.45, 7) is 0. The van der Waals surface area contributed by atoms with Crippen molar-refractivity contribution in [3.05, 3.63) is 70.0 Å². The van der Waals surface area contributed by atoms with E-state index in [9.17, 15) is 17.6 Å². The Balaban J connectivity index is 2.13. The van der Waals surface area contributed by atoms with Crippen molar-refractivity contribution in [2.24, 2.45) is 5.73 Å². The maximum atomic E-state index is 13.0. The van der Waals surface area contributed by atoms with Gasteiger partial charge < -0.3 is 5.73 Å². The van der Waals surface area contributed by atoms with Gasteiger partial charge in [-0.15, -0.1) is 0 Å². The van der Waals surface area contributed by atoms with Gasteiger partial charge in [0.15, 0.2) is 0 Å². The van der Waals surface area contributed by atoms with Crippen LogP contribution in [0.2, 0.25) is 5.02 Å². The lowest BCUT2D eigenvalue weighted by Gasteiger charge is -2.14. The molecule has 21 heavy (non-hydrogen) atoms. The molecule has 0 amide bonds. The van der Waals surface area contributed by atoms with Crippen molar-refractivity contribution in [3.63, 3.8) is 0 Å². The molecule has 6 heteroatoms. The summed E-state index contributed by atoms with van der Waals surface area (Å²) in [5.41, 5.74) is 6.53. The van der Waals surface area contributed by atoms with E-state index in [0.29, 0.717) is 17.5 Å². The summed E-state index contributed by atoms with van der Waals surface area (Å²) in [5, 5.41) is -0.00730. The van der Waals surface area contributed by atoms with E-state index in [1.165, 1.54) is 24.3 Å². The van der Waals surface area contributed by atoms with Gasteiger partial charge in [0.05, 0.1) is 10.6 Å². The second kappa shape index (κ2) is 6.03. The number of alkyl halides is 3. The molecule has 1 nitrogen and oxygen atoms in total. The first-order valence-electron chi connectivity index (χ1n) is 6.14. The first kappa shape index (κ1) is 15.8. The van der Waals surface area contributed by atoms with E-state index in [4.69, 9.17) is 17.3 Å². The number of hydrogen-bond donors (Lipinski definition) is 1. The molecule has 0 spiro atoms. The van der Waals surface area contributed by atoms with Gasteiger partial charge in [-0.25, -0.2) is 4.39 Å². The zero-order valence-corrected chi connectivity index (χ0v) is 11.5. The number of halogens is 5. The quantitative estimate of drug-likeness (QED) is 0.813. The SMILES string of the molecule is NC(Cc1ccc(F)c(Cl)c1)c1ccc(C(F)(F)F)cc1. The van der Waals surface area contributed by atoms with Gasteiger partial charge in [0.25, 0.3) is 0 Å². The van der Waals surface area contributed by atoms with Gasteiger partial charge in [-0.3, -0.25) is 0 Å². The lowest BCUT2D eigenvalue weighted by molar-refractivity contribution is -0.137. The van der Waals surface area contributed by atoms with Crippen LogP contribution in [-0.4, -0.2) is 0 Å². The van der Waals surface area contributed by atoms with Crippen molar-refractivity contribution in [1.82, 2.24) is 0 Å². The molecular formula is C15H12ClF4N. The molecule has 0 fully saturated rings. The summed E-state index contributed by atoms with van der Waals surface area (Å²) >= 11 is 5.67. The van der Waals surface area contributed by atoms with E-state index < -0.39 is 23.6 Å². The van der Waals surface area contributed by atoms with Crippen molar-refractivity contribution in [2.75, 3.05) is 0 Å². The van der Waals surface area contributed by atoms with Crippen LogP contribution in [0.3, 0.4) is 0 Å². The molecule has 0 aliphatic heterocycles. The summed E-state index contributed by atoms with van der Waals surface area (Å²) in [7, 11) is 0. The predicted molar refractivity (Wildman–Crippen MR) is 73.5 cm³/mol. The fourth-order valence-electron chi connectivity index (χ4n) is 1.96. The van der Waals surface area contributed by atoms with Gasteiger partial charge in [0.2, 0.25) is 0 Å². The van der Waals surface area contributed by atoms with Crippen molar-refractivity contribution in [3.8, 4) is 0 Å². The minimum absolute atomic E-state index is 0.00730. The highest BCUT2D eigenvalue weighted by Gasteiger charge is 2.30. The van der Waals surface area contributed by atoms with Crippen LogP contribution in [0.1, 0.15) is 22.7 Å². The van der Waals surface area contributed by atoms with E-state index >= 15 is 0 Å². The van der Waals surface area contributed by atoms with E-state index in [-0.39, 0.29) is 5.02 Å². The first-order chi connectivity index (χ1) is 9.77. The Morgan fingerprint density at radius 3 is 2.19 bits per heavy atom. The van der Waals surface area contributed by atoms with Crippen LogP contribution in [0.5, 0.6) is 0 Å². The van der Waals surface area contributed by atoms with Crippen LogP contribution in [-0.2, 0) is 12.6 Å². The zero-order chi connectivity index (χ0) is 15.6. The summed E-state index contributed by atoms with van der Waals surface area (Å²) in [6, 6.07) is 8.42.